The van der Waals surface area contributed by atoms with Crippen LogP contribution in [-0.4, -0.2) is 23.6 Å². The summed E-state index contributed by atoms with van der Waals surface area (Å²) in [5, 5.41) is 1.17. The molecule has 0 atom stereocenters. The minimum Gasteiger partial charge on any atom is -0.370 e. The summed E-state index contributed by atoms with van der Waals surface area (Å²) in [5.41, 5.74) is 4.11. The van der Waals surface area contributed by atoms with Crippen molar-refractivity contribution in [1.82, 2.24) is 4.57 Å². The van der Waals surface area contributed by atoms with Crippen LogP contribution in [0.15, 0.2) is 54.6 Å². The molecule has 0 bridgehead atoms. The molecule has 136 valence electrons. The van der Waals surface area contributed by atoms with Crippen LogP contribution in [0.4, 0.5) is 5.69 Å². The third kappa shape index (κ3) is 3.26. The highest BCUT2D eigenvalue weighted by molar-refractivity contribution is 6.07. The minimum absolute atomic E-state index is 0.0614. The first-order valence-corrected chi connectivity index (χ1v) is 9.69. The molecule has 3 aromatic rings. The number of para-hydroxylation sites is 1. The Labute approximate surface area is 156 Å². The fourth-order valence-corrected chi connectivity index (χ4v) is 3.68. The molecule has 2 aromatic carbocycles. The summed E-state index contributed by atoms with van der Waals surface area (Å²) in [4.78, 5) is 15.8. The van der Waals surface area contributed by atoms with Gasteiger partial charge in [0, 0.05) is 24.0 Å². The van der Waals surface area contributed by atoms with E-state index in [0.717, 1.165) is 49.1 Å². The summed E-state index contributed by atoms with van der Waals surface area (Å²) >= 11 is 0. The Bertz CT molecular complexity index is 876. The molecular weight excluding hydrogens is 320 g/mol. The zero-order valence-electron chi connectivity index (χ0n) is 16.0. The molecule has 1 heterocycles. The Hall–Kier alpha value is -2.55. The van der Waals surface area contributed by atoms with E-state index in [9.17, 15) is 4.79 Å². The van der Waals surface area contributed by atoms with Gasteiger partial charge in [-0.25, -0.2) is 0 Å². The standard InChI is InChI=1S/C23H28N2O/c1-4-7-16-21-22(24(5-2)6-3)19-15-11-12-17-20(19)25(21)23(26)18-13-9-8-10-14-18/h8-15,17H,4-7,16H2,1-3H3. The average Bonchev–Trinajstić information content (AvgIpc) is 3.02. The molecule has 0 unspecified atom stereocenters. The second-order valence-corrected chi connectivity index (χ2v) is 6.59. The highest BCUT2D eigenvalue weighted by Crippen LogP contribution is 2.35. The first kappa shape index (κ1) is 18.2. The lowest BCUT2D eigenvalue weighted by Gasteiger charge is -2.23. The molecule has 0 aliphatic rings. The molecule has 1 aromatic heterocycles. The molecule has 0 spiro atoms. The summed E-state index contributed by atoms with van der Waals surface area (Å²) in [6, 6.07) is 17.9. The number of hydrogen-bond acceptors (Lipinski definition) is 2. The normalized spacial score (nSPS) is 11.0. The van der Waals surface area contributed by atoms with Crippen LogP contribution < -0.4 is 4.90 Å². The van der Waals surface area contributed by atoms with Gasteiger partial charge in [-0.1, -0.05) is 49.7 Å². The van der Waals surface area contributed by atoms with Gasteiger partial charge in [0.1, 0.15) is 0 Å². The van der Waals surface area contributed by atoms with Crippen molar-refractivity contribution >= 4 is 22.5 Å². The van der Waals surface area contributed by atoms with E-state index in [1.807, 2.05) is 41.0 Å². The number of carbonyl (C=O) groups excluding carboxylic acids is 1. The quantitative estimate of drug-likeness (QED) is 0.562. The smallest absolute Gasteiger partial charge is 0.262 e. The van der Waals surface area contributed by atoms with E-state index in [-0.39, 0.29) is 5.91 Å². The SMILES string of the molecule is CCCCc1c(N(CC)CC)c2ccccc2n1C(=O)c1ccccc1. The number of nitrogens with zero attached hydrogens (tertiary/aromatic N) is 2. The van der Waals surface area contributed by atoms with Crippen LogP contribution in [0, 0.1) is 0 Å². The van der Waals surface area contributed by atoms with E-state index in [1.165, 1.54) is 11.1 Å². The average molecular weight is 348 g/mol. The van der Waals surface area contributed by atoms with Crippen molar-refractivity contribution in [3.8, 4) is 0 Å². The third-order valence-corrected chi connectivity index (χ3v) is 5.01. The lowest BCUT2D eigenvalue weighted by molar-refractivity contribution is 0.0962. The van der Waals surface area contributed by atoms with Crippen molar-refractivity contribution < 1.29 is 4.79 Å². The number of benzene rings is 2. The fraction of sp³-hybridized carbons (Fsp3) is 0.348. The highest BCUT2D eigenvalue weighted by atomic mass is 16.2. The van der Waals surface area contributed by atoms with Gasteiger partial charge in [0.25, 0.3) is 5.91 Å². The van der Waals surface area contributed by atoms with Gasteiger partial charge < -0.3 is 4.90 Å². The predicted octanol–water partition coefficient (Wildman–Crippen LogP) is 5.52. The molecule has 3 rings (SSSR count). The Balaban J connectivity index is 2.28. The summed E-state index contributed by atoms with van der Waals surface area (Å²) in [6.45, 7) is 8.42. The van der Waals surface area contributed by atoms with E-state index in [2.05, 4.69) is 43.9 Å². The number of hydrogen-bond donors (Lipinski definition) is 0. The topological polar surface area (TPSA) is 25.2 Å². The second-order valence-electron chi connectivity index (χ2n) is 6.59. The van der Waals surface area contributed by atoms with E-state index in [4.69, 9.17) is 0 Å². The zero-order chi connectivity index (χ0) is 18.5. The van der Waals surface area contributed by atoms with Gasteiger partial charge in [0.15, 0.2) is 0 Å². The summed E-state index contributed by atoms with van der Waals surface area (Å²) in [6.07, 6.45) is 3.10. The molecular formula is C23H28N2O. The molecule has 0 aliphatic heterocycles. The Kier molecular flexibility index (Phi) is 5.77. The number of rotatable bonds is 7. The fourth-order valence-electron chi connectivity index (χ4n) is 3.68. The monoisotopic (exact) mass is 348 g/mol. The number of carbonyl (C=O) groups is 1. The van der Waals surface area contributed by atoms with Crippen molar-refractivity contribution in [3.05, 3.63) is 65.9 Å². The maximum atomic E-state index is 13.4. The third-order valence-electron chi connectivity index (χ3n) is 5.01. The second kappa shape index (κ2) is 8.22. The lowest BCUT2D eigenvalue weighted by atomic mass is 10.1. The summed E-state index contributed by atoms with van der Waals surface area (Å²) < 4.78 is 1.95. The molecule has 26 heavy (non-hydrogen) atoms. The van der Waals surface area contributed by atoms with Gasteiger partial charge in [0.05, 0.1) is 16.9 Å². The van der Waals surface area contributed by atoms with Crippen LogP contribution in [0.3, 0.4) is 0 Å². The molecule has 3 heteroatoms. The van der Waals surface area contributed by atoms with Gasteiger partial charge in [0.2, 0.25) is 0 Å². The Morgan fingerprint density at radius 1 is 0.923 bits per heavy atom. The number of unbranched alkanes of at least 4 members (excludes halogenated alkanes) is 1. The van der Waals surface area contributed by atoms with Gasteiger partial charge in [-0.15, -0.1) is 0 Å². The summed E-state index contributed by atoms with van der Waals surface area (Å²) in [7, 11) is 0. The van der Waals surface area contributed by atoms with Crippen molar-refractivity contribution in [3.63, 3.8) is 0 Å². The molecule has 3 nitrogen and oxygen atoms in total. The number of fused-ring (bicyclic) bond motifs is 1. The van der Waals surface area contributed by atoms with Gasteiger partial charge >= 0.3 is 0 Å². The first-order chi connectivity index (χ1) is 12.7. The van der Waals surface area contributed by atoms with Crippen molar-refractivity contribution in [1.29, 1.82) is 0 Å². The highest BCUT2D eigenvalue weighted by Gasteiger charge is 2.24. The van der Waals surface area contributed by atoms with E-state index >= 15 is 0 Å². The van der Waals surface area contributed by atoms with Crippen molar-refractivity contribution in [2.45, 2.75) is 40.0 Å². The van der Waals surface area contributed by atoms with Crippen molar-refractivity contribution in [2.75, 3.05) is 18.0 Å². The van der Waals surface area contributed by atoms with Crippen LogP contribution in [0.5, 0.6) is 0 Å². The molecule has 0 saturated carbocycles. The summed E-state index contributed by atoms with van der Waals surface area (Å²) in [5.74, 6) is 0.0614. The zero-order valence-corrected chi connectivity index (χ0v) is 16.0. The molecule has 0 fully saturated rings. The van der Waals surface area contributed by atoms with Crippen LogP contribution >= 0.6 is 0 Å². The Morgan fingerprint density at radius 2 is 1.58 bits per heavy atom. The Morgan fingerprint density at radius 3 is 2.23 bits per heavy atom. The molecule has 0 aliphatic carbocycles. The van der Waals surface area contributed by atoms with Gasteiger partial charge in [-0.05, 0) is 44.9 Å². The van der Waals surface area contributed by atoms with Gasteiger partial charge in [-0.3, -0.25) is 9.36 Å². The van der Waals surface area contributed by atoms with Crippen LogP contribution in [0.25, 0.3) is 10.9 Å². The molecule has 0 radical (unpaired) electrons. The number of anilines is 1. The lowest BCUT2D eigenvalue weighted by Crippen LogP contribution is -2.24. The maximum absolute atomic E-state index is 13.4. The van der Waals surface area contributed by atoms with Crippen molar-refractivity contribution in [2.24, 2.45) is 0 Å². The van der Waals surface area contributed by atoms with E-state index < -0.39 is 0 Å². The van der Waals surface area contributed by atoms with E-state index in [0.29, 0.717) is 0 Å². The molecule has 0 amide bonds. The largest absolute Gasteiger partial charge is 0.370 e. The van der Waals surface area contributed by atoms with Crippen LogP contribution in [-0.2, 0) is 6.42 Å². The predicted molar refractivity (Wildman–Crippen MR) is 110 cm³/mol. The number of aromatic nitrogens is 1. The molecule has 0 N–H and O–H groups in total. The minimum atomic E-state index is 0.0614. The molecule has 0 saturated heterocycles. The van der Waals surface area contributed by atoms with Crippen LogP contribution in [0.2, 0.25) is 0 Å². The van der Waals surface area contributed by atoms with Gasteiger partial charge in [-0.2, -0.15) is 0 Å². The maximum Gasteiger partial charge on any atom is 0.262 e. The van der Waals surface area contributed by atoms with E-state index in [1.54, 1.807) is 0 Å². The first-order valence-electron chi connectivity index (χ1n) is 9.69. The van der Waals surface area contributed by atoms with Crippen LogP contribution in [0.1, 0.15) is 49.7 Å².